The molecule has 7 heteroatoms. The summed E-state index contributed by atoms with van der Waals surface area (Å²) in [6.07, 6.45) is 0. The molecule has 0 amide bonds. The molecule has 0 aliphatic rings. The molecule has 1 aromatic rings. The van der Waals surface area contributed by atoms with Gasteiger partial charge in [0.1, 0.15) is 0 Å². The van der Waals surface area contributed by atoms with Crippen molar-refractivity contribution in [1.29, 1.82) is 0 Å². The maximum Gasteiger partial charge on any atom is 0.240 e. The monoisotopic (exact) mass is 345 g/mol. The molecule has 0 radical (unpaired) electrons. The number of rotatable bonds is 4. The van der Waals surface area contributed by atoms with E-state index in [2.05, 4.69) is 20.7 Å². The Morgan fingerprint density at radius 1 is 1.38 bits per heavy atom. The number of alkyl halides is 1. The highest BCUT2D eigenvalue weighted by molar-refractivity contribution is 9.09. The molecule has 0 aromatic heterocycles. The summed E-state index contributed by atoms with van der Waals surface area (Å²) in [7, 11) is -3.53. The van der Waals surface area contributed by atoms with Gasteiger partial charge in [0.2, 0.25) is 10.0 Å². The minimum Gasteiger partial charge on any atom is -0.208 e. The van der Waals surface area contributed by atoms with Crippen LogP contribution in [0.4, 0.5) is 0 Å². The van der Waals surface area contributed by atoms with Crippen LogP contribution < -0.4 is 4.72 Å². The van der Waals surface area contributed by atoms with Crippen LogP contribution in [0.2, 0.25) is 10.0 Å². The first-order chi connectivity index (χ1) is 7.36. The normalized spacial score (nSPS) is 13.8. The number of hydrogen-bond donors (Lipinski definition) is 1. The summed E-state index contributed by atoms with van der Waals surface area (Å²) in [4.78, 5) is 0.106. The Hall–Kier alpha value is 0.190. The largest absolute Gasteiger partial charge is 0.240 e. The average molecular weight is 347 g/mol. The highest BCUT2D eigenvalue weighted by atomic mass is 79.9. The lowest BCUT2D eigenvalue weighted by Gasteiger charge is -2.11. The molecular weight excluding hydrogens is 337 g/mol. The second-order valence-electron chi connectivity index (χ2n) is 3.25. The van der Waals surface area contributed by atoms with Crippen LogP contribution in [0.25, 0.3) is 0 Å². The van der Waals surface area contributed by atoms with Gasteiger partial charge in [-0.15, -0.1) is 0 Å². The lowest BCUT2D eigenvalue weighted by molar-refractivity contribution is 0.571. The van der Waals surface area contributed by atoms with E-state index in [9.17, 15) is 8.42 Å². The molecule has 0 aliphatic carbocycles. The summed E-state index contributed by atoms with van der Waals surface area (Å²) < 4.78 is 26.2. The summed E-state index contributed by atoms with van der Waals surface area (Å²) in [6, 6.07) is 4.00. The lowest BCUT2D eigenvalue weighted by Crippen LogP contribution is -2.33. The minimum absolute atomic E-state index is 0.106. The predicted octanol–water partition coefficient (Wildman–Crippen LogP) is 3.06. The van der Waals surface area contributed by atoms with E-state index in [1.165, 1.54) is 18.2 Å². The van der Waals surface area contributed by atoms with Gasteiger partial charge >= 0.3 is 0 Å². The summed E-state index contributed by atoms with van der Waals surface area (Å²) >= 11 is 14.7. The van der Waals surface area contributed by atoms with Crippen molar-refractivity contribution < 1.29 is 8.42 Å². The van der Waals surface area contributed by atoms with Gasteiger partial charge in [0.05, 0.1) is 14.9 Å². The molecule has 0 aliphatic heterocycles. The van der Waals surface area contributed by atoms with Crippen molar-refractivity contribution in [2.45, 2.75) is 17.9 Å². The van der Waals surface area contributed by atoms with Crippen molar-refractivity contribution in [1.82, 2.24) is 4.72 Å². The first kappa shape index (κ1) is 14.3. The van der Waals surface area contributed by atoms with E-state index in [0.717, 1.165) is 0 Å². The molecule has 1 unspecified atom stereocenters. The Kier molecular flexibility index (Phi) is 5.07. The Morgan fingerprint density at radius 3 is 2.50 bits per heavy atom. The fourth-order valence-electron chi connectivity index (χ4n) is 1.01. The molecule has 1 aromatic carbocycles. The average Bonchev–Trinajstić information content (AvgIpc) is 2.21. The number of halogens is 3. The van der Waals surface area contributed by atoms with Crippen molar-refractivity contribution in [3.8, 4) is 0 Å². The third-order valence-electron chi connectivity index (χ3n) is 1.79. The summed E-state index contributed by atoms with van der Waals surface area (Å²) in [5.74, 6) is 0. The van der Waals surface area contributed by atoms with Crippen LogP contribution in [0.5, 0.6) is 0 Å². The van der Waals surface area contributed by atoms with Gasteiger partial charge in [-0.3, -0.25) is 0 Å². The lowest BCUT2D eigenvalue weighted by atomic mass is 10.4. The Bertz CT molecular complexity index is 478. The van der Waals surface area contributed by atoms with E-state index in [4.69, 9.17) is 23.2 Å². The van der Waals surface area contributed by atoms with Crippen LogP contribution in [0, 0.1) is 0 Å². The highest BCUT2D eigenvalue weighted by Crippen LogP contribution is 2.24. The molecule has 0 bridgehead atoms. The van der Waals surface area contributed by atoms with E-state index in [-0.39, 0.29) is 16.0 Å². The third-order valence-corrected chi connectivity index (χ3v) is 5.09. The Balaban J connectivity index is 3.03. The van der Waals surface area contributed by atoms with Gasteiger partial charge in [-0.25, -0.2) is 13.1 Å². The van der Waals surface area contributed by atoms with Gasteiger partial charge in [-0.05, 0) is 25.1 Å². The molecule has 3 nitrogen and oxygen atoms in total. The first-order valence-electron chi connectivity index (χ1n) is 4.40. The molecule has 16 heavy (non-hydrogen) atoms. The molecule has 90 valence electrons. The van der Waals surface area contributed by atoms with E-state index in [0.29, 0.717) is 10.4 Å². The van der Waals surface area contributed by atoms with Gasteiger partial charge in [-0.1, -0.05) is 39.1 Å². The van der Waals surface area contributed by atoms with Gasteiger partial charge in [0.25, 0.3) is 0 Å². The van der Waals surface area contributed by atoms with Crippen LogP contribution in [0.3, 0.4) is 0 Å². The second-order valence-corrected chi connectivity index (χ2v) is 6.43. The molecule has 1 atom stereocenters. The number of hydrogen-bond acceptors (Lipinski definition) is 2. The number of benzene rings is 1. The smallest absolute Gasteiger partial charge is 0.208 e. The van der Waals surface area contributed by atoms with E-state index < -0.39 is 10.0 Å². The standard InChI is InChI=1S/C9H10BrCl2NO2S/c1-6(5-10)13-16(14,15)7-2-3-8(11)9(12)4-7/h2-4,6,13H,5H2,1H3. The third kappa shape index (κ3) is 3.60. The molecule has 1 N–H and O–H groups in total. The molecular formula is C9H10BrCl2NO2S. The molecule has 0 saturated carbocycles. The van der Waals surface area contributed by atoms with E-state index >= 15 is 0 Å². The molecule has 0 saturated heterocycles. The van der Waals surface area contributed by atoms with Crippen LogP contribution >= 0.6 is 39.1 Å². The summed E-state index contributed by atoms with van der Waals surface area (Å²) in [5, 5.41) is 1.08. The van der Waals surface area contributed by atoms with Crippen molar-refractivity contribution in [2.75, 3.05) is 5.33 Å². The summed E-state index contributed by atoms with van der Waals surface area (Å²) in [6.45, 7) is 1.75. The predicted molar refractivity (Wildman–Crippen MR) is 70.0 cm³/mol. The van der Waals surface area contributed by atoms with Crippen LogP contribution in [-0.2, 0) is 10.0 Å². The maximum atomic E-state index is 11.8. The van der Waals surface area contributed by atoms with Gasteiger partial charge in [0, 0.05) is 11.4 Å². The second kappa shape index (κ2) is 5.69. The topological polar surface area (TPSA) is 46.2 Å². The Labute approximate surface area is 113 Å². The fourth-order valence-corrected chi connectivity index (χ4v) is 3.02. The van der Waals surface area contributed by atoms with Crippen LogP contribution in [0.15, 0.2) is 23.1 Å². The quantitative estimate of drug-likeness (QED) is 0.851. The van der Waals surface area contributed by atoms with Crippen molar-refractivity contribution in [2.24, 2.45) is 0 Å². The van der Waals surface area contributed by atoms with E-state index in [1.54, 1.807) is 6.92 Å². The molecule has 0 heterocycles. The SMILES string of the molecule is CC(CBr)NS(=O)(=O)c1ccc(Cl)c(Cl)c1. The molecule has 1 rings (SSSR count). The minimum atomic E-state index is -3.53. The van der Waals surface area contributed by atoms with Crippen molar-refractivity contribution >= 4 is 49.2 Å². The molecule has 0 fully saturated rings. The fraction of sp³-hybridized carbons (Fsp3) is 0.333. The zero-order chi connectivity index (χ0) is 12.3. The molecule has 0 spiro atoms. The number of sulfonamides is 1. The maximum absolute atomic E-state index is 11.8. The van der Waals surface area contributed by atoms with Gasteiger partial charge < -0.3 is 0 Å². The highest BCUT2D eigenvalue weighted by Gasteiger charge is 2.17. The van der Waals surface area contributed by atoms with Crippen molar-refractivity contribution in [3.63, 3.8) is 0 Å². The zero-order valence-corrected chi connectivity index (χ0v) is 12.3. The first-order valence-corrected chi connectivity index (χ1v) is 7.76. The Morgan fingerprint density at radius 2 is 2.00 bits per heavy atom. The van der Waals surface area contributed by atoms with Crippen molar-refractivity contribution in [3.05, 3.63) is 28.2 Å². The summed E-state index contributed by atoms with van der Waals surface area (Å²) in [5.41, 5.74) is 0. The van der Waals surface area contributed by atoms with Gasteiger partial charge in [-0.2, -0.15) is 0 Å². The number of nitrogens with one attached hydrogen (secondary N) is 1. The van der Waals surface area contributed by atoms with Crippen LogP contribution in [0.1, 0.15) is 6.92 Å². The van der Waals surface area contributed by atoms with Gasteiger partial charge in [0.15, 0.2) is 0 Å². The zero-order valence-electron chi connectivity index (χ0n) is 8.38. The van der Waals surface area contributed by atoms with E-state index in [1.807, 2.05) is 0 Å². The van der Waals surface area contributed by atoms with Crippen LogP contribution in [-0.4, -0.2) is 19.8 Å².